The number of carbonyl (C=O) groups is 2. The third-order valence-electron chi connectivity index (χ3n) is 5.58. The molecule has 1 aliphatic heterocycles. The highest BCUT2D eigenvalue weighted by Crippen LogP contribution is 2.43. The Balaban J connectivity index is 1.70. The minimum absolute atomic E-state index is 0.105. The fourth-order valence-electron chi connectivity index (χ4n) is 4.02. The maximum atomic E-state index is 13.6. The Morgan fingerprint density at radius 3 is 2.57 bits per heavy atom. The third kappa shape index (κ3) is 3.42. The molecule has 0 aliphatic carbocycles. The smallest absolute Gasteiger partial charge is 0.264 e. The first-order valence-electron chi connectivity index (χ1n) is 9.78. The molecule has 152 valence electrons. The highest BCUT2D eigenvalue weighted by atomic mass is 19.1. The van der Waals surface area contributed by atoms with Gasteiger partial charge in [-0.25, -0.2) is 4.39 Å². The average molecular weight is 403 g/mol. The van der Waals surface area contributed by atoms with Crippen LogP contribution in [0.25, 0.3) is 0 Å². The zero-order valence-electron chi connectivity index (χ0n) is 16.9. The molecule has 0 aromatic heterocycles. The van der Waals surface area contributed by atoms with E-state index in [0.29, 0.717) is 22.4 Å². The van der Waals surface area contributed by atoms with E-state index in [0.717, 1.165) is 11.1 Å². The number of hydrogen-bond acceptors (Lipinski definition) is 3. The van der Waals surface area contributed by atoms with Crippen molar-refractivity contribution in [1.29, 1.82) is 0 Å². The summed E-state index contributed by atoms with van der Waals surface area (Å²) in [6.45, 7) is 3.83. The number of rotatable bonds is 5. The Labute approximate surface area is 174 Å². The highest BCUT2D eigenvalue weighted by molar-refractivity contribution is 6.11. The van der Waals surface area contributed by atoms with E-state index in [2.05, 4.69) is 0 Å². The lowest BCUT2D eigenvalue weighted by atomic mass is 9.87. The first-order chi connectivity index (χ1) is 14.3. The van der Waals surface area contributed by atoms with Crippen molar-refractivity contribution < 1.29 is 19.1 Å². The fraction of sp³-hybridized carbons (Fsp3) is 0.200. The molecule has 1 heterocycles. The molecule has 0 saturated carbocycles. The van der Waals surface area contributed by atoms with Crippen LogP contribution in [-0.4, -0.2) is 16.8 Å². The molecule has 1 amide bonds. The summed E-state index contributed by atoms with van der Waals surface area (Å²) in [5.41, 5.74) is 1.79. The van der Waals surface area contributed by atoms with Crippen LogP contribution in [0.1, 0.15) is 39.0 Å². The molecule has 30 heavy (non-hydrogen) atoms. The molecule has 0 radical (unpaired) electrons. The van der Waals surface area contributed by atoms with Crippen molar-refractivity contribution in [2.75, 3.05) is 4.90 Å². The topological polar surface area (TPSA) is 57.6 Å². The van der Waals surface area contributed by atoms with Crippen molar-refractivity contribution in [2.24, 2.45) is 0 Å². The van der Waals surface area contributed by atoms with Crippen molar-refractivity contribution in [3.63, 3.8) is 0 Å². The predicted molar refractivity (Wildman–Crippen MR) is 113 cm³/mol. The van der Waals surface area contributed by atoms with E-state index < -0.39 is 17.3 Å². The number of ketones is 1. The summed E-state index contributed by atoms with van der Waals surface area (Å²) in [7, 11) is 0. The van der Waals surface area contributed by atoms with Gasteiger partial charge in [-0.2, -0.15) is 0 Å². The number of hydrogen-bond donors (Lipinski definition) is 1. The molecule has 0 saturated heterocycles. The normalized spacial score (nSPS) is 17.9. The molecule has 0 bridgehead atoms. The lowest BCUT2D eigenvalue weighted by Gasteiger charge is -2.23. The van der Waals surface area contributed by atoms with Gasteiger partial charge in [-0.3, -0.25) is 9.59 Å². The van der Waals surface area contributed by atoms with Crippen LogP contribution in [0.15, 0.2) is 66.7 Å². The van der Waals surface area contributed by atoms with Crippen molar-refractivity contribution in [3.05, 3.63) is 100 Å². The number of anilines is 1. The SMILES string of the molecule is Cc1ccc(C)c(C(=O)CC2(O)C(=O)N(Cc3cccc(F)c3)c3ccccc32)c1. The fourth-order valence-corrected chi connectivity index (χ4v) is 4.02. The van der Waals surface area contributed by atoms with E-state index in [1.807, 2.05) is 26.0 Å². The number of aryl methyl sites for hydroxylation is 2. The van der Waals surface area contributed by atoms with Crippen molar-refractivity contribution in [1.82, 2.24) is 0 Å². The van der Waals surface area contributed by atoms with Gasteiger partial charge in [0.05, 0.1) is 18.7 Å². The molecule has 1 atom stereocenters. The molecular formula is C25H22FNO3. The lowest BCUT2D eigenvalue weighted by Crippen LogP contribution is -2.41. The number of aliphatic hydroxyl groups is 1. The molecule has 3 aromatic rings. The van der Waals surface area contributed by atoms with E-state index in [1.54, 1.807) is 42.5 Å². The second-order valence-corrected chi connectivity index (χ2v) is 7.82. The van der Waals surface area contributed by atoms with E-state index in [4.69, 9.17) is 0 Å². The average Bonchev–Trinajstić information content (AvgIpc) is 2.92. The Hall–Kier alpha value is -3.31. The van der Waals surface area contributed by atoms with Gasteiger partial charge in [0, 0.05) is 11.1 Å². The summed E-state index contributed by atoms with van der Waals surface area (Å²) < 4.78 is 13.6. The molecule has 0 spiro atoms. The Bertz CT molecular complexity index is 1160. The minimum atomic E-state index is -1.96. The summed E-state index contributed by atoms with van der Waals surface area (Å²) >= 11 is 0. The second kappa shape index (κ2) is 7.50. The predicted octanol–water partition coefficient (Wildman–Crippen LogP) is 4.45. The second-order valence-electron chi connectivity index (χ2n) is 7.82. The van der Waals surface area contributed by atoms with Gasteiger partial charge in [-0.15, -0.1) is 0 Å². The van der Waals surface area contributed by atoms with E-state index in [-0.39, 0.29) is 18.7 Å². The van der Waals surface area contributed by atoms with Gasteiger partial charge in [-0.1, -0.05) is 48.0 Å². The lowest BCUT2D eigenvalue weighted by molar-refractivity contribution is -0.136. The van der Waals surface area contributed by atoms with Gasteiger partial charge in [0.1, 0.15) is 5.82 Å². The number of carbonyl (C=O) groups excluding carboxylic acids is 2. The highest BCUT2D eigenvalue weighted by Gasteiger charge is 2.50. The molecule has 1 aliphatic rings. The van der Waals surface area contributed by atoms with Crippen LogP contribution in [0.5, 0.6) is 0 Å². The number of nitrogens with zero attached hydrogens (tertiary/aromatic N) is 1. The van der Waals surface area contributed by atoms with Crippen LogP contribution in [0.2, 0.25) is 0 Å². The number of Topliss-reactive ketones (excluding diaryl/α,β-unsaturated/α-hetero) is 1. The van der Waals surface area contributed by atoms with Gasteiger partial charge in [0.25, 0.3) is 5.91 Å². The molecule has 0 fully saturated rings. The van der Waals surface area contributed by atoms with Gasteiger partial charge in [0.2, 0.25) is 0 Å². The van der Waals surface area contributed by atoms with Crippen LogP contribution < -0.4 is 4.90 Å². The van der Waals surface area contributed by atoms with Crippen molar-refractivity contribution in [2.45, 2.75) is 32.4 Å². The van der Waals surface area contributed by atoms with Gasteiger partial charge < -0.3 is 10.0 Å². The zero-order chi connectivity index (χ0) is 21.5. The quantitative estimate of drug-likeness (QED) is 0.641. The first kappa shape index (κ1) is 20.0. The number of fused-ring (bicyclic) bond motifs is 1. The standard InChI is InChI=1S/C25H22FNO3/c1-16-10-11-17(2)20(12-16)23(28)14-25(30)21-8-3-4-9-22(21)27(24(25)29)15-18-6-5-7-19(26)13-18/h3-13,30H,14-15H2,1-2H3. The summed E-state index contributed by atoms with van der Waals surface area (Å²) in [6.07, 6.45) is -0.354. The third-order valence-corrected chi connectivity index (χ3v) is 5.58. The maximum absolute atomic E-state index is 13.6. The molecule has 4 rings (SSSR count). The van der Waals surface area contributed by atoms with Gasteiger partial charge in [0.15, 0.2) is 11.4 Å². The van der Waals surface area contributed by atoms with Gasteiger partial charge >= 0.3 is 0 Å². The summed E-state index contributed by atoms with van der Waals surface area (Å²) in [4.78, 5) is 27.8. The monoisotopic (exact) mass is 403 g/mol. The Morgan fingerprint density at radius 1 is 1.03 bits per heavy atom. The van der Waals surface area contributed by atoms with E-state index in [1.165, 1.54) is 17.0 Å². The van der Waals surface area contributed by atoms with Crippen LogP contribution in [0.3, 0.4) is 0 Å². The molecular weight excluding hydrogens is 381 g/mol. The summed E-state index contributed by atoms with van der Waals surface area (Å²) in [5, 5.41) is 11.4. The van der Waals surface area contributed by atoms with Gasteiger partial charge in [-0.05, 0) is 49.2 Å². The zero-order valence-corrected chi connectivity index (χ0v) is 16.9. The summed E-state index contributed by atoms with van der Waals surface area (Å²) in [5.74, 6) is -1.27. The Kier molecular flexibility index (Phi) is 5.00. The van der Waals surface area contributed by atoms with Crippen LogP contribution in [0.4, 0.5) is 10.1 Å². The van der Waals surface area contributed by atoms with E-state index >= 15 is 0 Å². The maximum Gasteiger partial charge on any atom is 0.264 e. The number of para-hydroxylation sites is 1. The molecule has 5 heteroatoms. The van der Waals surface area contributed by atoms with Crippen LogP contribution in [-0.2, 0) is 16.9 Å². The van der Waals surface area contributed by atoms with E-state index in [9.17, 15) is 19.1 Å². The van der Waals surface area contributed by atoms with Crippen LogP contribution in [0, 0.1) is 19.7 Å². The molecule has 3 aromatic carbocycles. The Morgan fingerprint density at radius 2 is 1.80 bits per heavy atom. The molecule has 1 N–H and O–H groups in total. The summed E-state index contributed by atoms with van der Waals surface area (Å²) in [6, 6.07) is 18.4. The molecule has 1 unspecified atom stereocenters. The number of amides is 1. The van der Waals surface area contributed by atoms with Crippen LogP contribution >= 0.6 is 0 Å². The van der Waals surface area contributed by atoms with Crippen molar-refractivity contribution in [3.8, 4) is 0 Å². The first-order valence-corrected chi connectivity index (χ1v) is 9.78. The number of benzene rings is 3. The van der Waals surface area contributed by atoms with Crippen molar-refractivity contribution >= 4 is 17.4 Å². The number of halogens is 1. The minimum Gasteiger partial charge on any atom is -0.375 e. The largest absolute Gasteiger partial charge is 0.375 e. The molecule has 4 nitrogen and oxygen atoms in total.